The molecule has 2 fully saturated rings. The molecule has 8 atom stereocenters. The van der Waals surface area contributed by atoms with Gasteiger partial charge in [0.05, 0.1) is 6.04 Å². The first-order chi connectivity index (χ1) is 13.8. The third kappa shape index (κ3) is 6.80. The maximum absolute atomic E-state index is 12.7. The summed E-state index contributed by atoms with van der Waals surface area (Å²) in [7, 11) is 0. The van der Waals surface area contributed by atoms with Crippen LogP contribution in [-0.4, -0.2) is 76.0 Å². The van der Waals surface area contributed by atoms with Crippen LogP contribution in [0.3, 0.4) is 0 Å². The molecule has 8 unspecified atom stereocenters. The predicted octanol–water partition coefficient (Wildman–Crippen LogP) is 1.25. The Balaban J connectivity index is 1.90. The van der Waals surface area contributed by atoms with E-state index in [-0.39, 0.29) is 17.9 Å². The fourth-order valence-electron chi connectivity index (χ4n) is 4.42. The van der Waals surface area contributed by atoms with E-state index in [0.29, 0.717) is 12.3 Å². The van der Waals surface area contributed by atoms with Gasteiger partial charge in [0.1, 0.15) is 29.9 Å². The number of unbranched alkanes of at least 4 members (excludes halogenated alkanes) is 2. The smallest absolute Gasteiger partial charge is 0.221 e. The Morgan fingerprint density at radius 3 is 2.55 bits per heavy atom. The van der Waals surface area contributed by atoms with Gasteiger partial charge in [-0.15, -0.1) is 11.8 Å². The van der Waals surface area contributed by atoms with Crippen LogP contribution in [-0.2, 0) is 9.53 Å². The van der Waals surface area contributed by atoms with Crippen LogP contribution in [0.5, 0.6) is 0 Å². The van der Waals surface area contributed by atoms with Crippen LogP contribution in [0.2, 0.25) is 0 Å². The van der Waals surface area contributed by atoms with Crippen molar-refractivity contribution in [2.24, 2.45) is 11.8 Å². The molecule has 170 valence electrons. The topological polar surface area (TPSA) is 111 Å². The molecule has 1 amide bonds. The van der Waals surface area contributed by atoms with Crippen molar-refractivity contribution in [3.05, 3.63) is 0 Å². The van der Waals surface area contributed by atoms with E-state index >= 15 is 0 Å². The molecule has 2 saturated heterocycles. The van der Waals surface area contributed by atoms with Crippen LogP contribution in [0.25, 0.3) is 0 Å². The second-order valence-corrected chi connectivity index (χ2v) is 9.86. The van der Waals surface area contributed by atoms with E-state index in [1.54, 1.807) is 6.26 Å². The number of carbonyl (C=O) groups is 1. The molecule has 7 nitrogen and oxygen atoms in total. The summed E-state index contributed by atoms with van der Waals surface area (Å²) < 4.78 is 5.87. The van der Waals surface area contributed by atoms with Crippen LogP contribution in [0.15, 0.2) is 0 Å². The summed E-state index contributed by atoms with van der Waals surface area (Å²) in [4.78, 5) is 12.7. The Labute approximate surface area is 179 Å². The van der Waals surface area contributed by atoms with Gasteiger partial charge in [-0.2, -0.15) is 0 Å². The molecule has 0 aliphatic carbocycles. The quantitative estimate of drug-likeness (QED) is 0.330. The Kier molecular flexibility index (Phi) is 10.2. The fraction of sp³-hybridized carbons (Fsp3) is 0.952. The van der Waals surface area contributed by atoms with Crippen LogP contribution in [0.1, 0.15) is 59.3 Å². The second kappa shape index (κ2) is 11.9. The van der Waals surface area contributed by atoms with Gasteiger partial charge in [-0.25, -0.2) is 0 Å². The van der Waals surface area contributed by atoms with Crippen molar-refractivity contribution in [1.82, 2.24) is 10.6 Å². The van der Waals surface area contributed by atoms with E-state index in [2.05, 4.69) is 17.6 Å². The molecule has 2 rings (SSSR count). The van der Waals surface area contributed by atoms with Crippen LogP contribution < -0.4 is 10.6 Å². The second-order valence-electron chi connectivity index (χ2n) is 8.92. The molecule has 0 bridgehead atoms. The highest BCUT2D eigenvalue weighted by molar-refractivity contribution is 7.99. The van der Waals surface area contributed by atoms with Gasteiger partial charge in [0.15, 0.2) is 0 Å². The molecule has 0 aromatic rings. The highest BCUT2D eigenvalue weighted by Crippen LogP contribution is 2.30. The van der Waals surface area contributed by atoms with Crippen LogP contribution in [0, 0.1) is 11.8 Å². The number of aliphatic hydroxyl groups excluding tert-OH is 3. The van der Waals surface area contributed by atoms with Gasteiger partial charge in [0.25, 0.3) is 0 Å². The van der Waals surface area contributed by atoms with Gasteiger partial charge >= 0.3 is 0 Å². The Morgan fingerprint density at radius 1 is 1.21 bits per heavy atom. The summed E-state index contributed by atoms with van der Waals surface area (Å²) in [6.07, 6.45) is 3.66. The number of amides is 1. The number of rotatable bonds is 10. The van der Waals surface area contributed by atoms with E-state index in [1.165, 1.54) is 37.4 Å². The van der Waals surface area contributed by atoms with E-state index in [1.807, 2.05) is 13.8 Å². The van der Waals surface area contributed by atoms with Crippen LogP contribution in [0.4, 0.5) is 0 Å². The molecule has 0 saturated carbocycles. The van der Waals surface area contributed by atoms with Crippen molar-refractivity contribution < 1.29 is 24.9 Å². The molecule has 5 N–H and O–H groups in total. The third-order valence-corrected chi connectivity index (χ3v) is 7.05. The maximum atomic E-state index is 12.7. The molecule has 2 aliphatic rings. The number of hydrogen-bond acceptors (Lipinski definition) is 7. The van der Waals surface area contributed by atoms with Crippen molar-refractivity contribution in [2.75, 3.05) is 12.8 Å². The molecule has 29 heavy (non-hydrogen) atoms. The lowest BCUT2D eigenvalue weighted by atomic mass is 9.88. The molecule has 0 aromatic heterocycles. The Morgan fingerprint density at radius 2 is 1.93 bits per heavy atom. The van der Waals surface area contributed by atoms with Crippen molar-refractivity contribution in [2.45, 2.75) is 101 Å². The minimum absolute atomic E-state index is 0.00174. The average molecular weight is 433 g/mol. The molecule has 0 aromatic carbocycles. The van der Waals surface area contributed by atoms with Gasteiger partial charge in [0.2, 0.25) is 5.91 Å². The zero-order valence-corrected chi connectivity index (χ0v) is 19.0. The number of carbonyl (C=O) groups excluding carboxylic acids is 1. The zero-order chi connectivity index (χ0) is 21.6. The molecular weight excluding hydrogens is 392 g/mol. The number of thioether (sulfide) groups is 1. The molecule has 2 aliphatic heterocycles. The lowest BCUT2D eigenvalue weighted by Crippen LogP contribution is -2.63. The zero-order valence-electron chi connectivity index (χ0n) is 18.2. The first-order valence-corrected chi connectivity index (χ1v) is 12.3. The maximum Gasteiger partial charge on any atom is 0.221 e. The minimum atomic E-state index is -1.30. The molecular formula is C21H40N2O5S. The number of ether oxygens (including phenoxy) is 1. The first kappa shape index (κ1) is 24.9. The molecule has 2 heterocycles. The fourth-order valence-corrected chi connectivity index (χ4v) is 5.10. The van der Waals surface area contributed by atoms with E-state index in [4.69, 9.17) is 4.74 Å². The third-order valence-electron chi connectivity index (χ3n) is 6.20. The lowest BCUT2D eigenvalue weighted by molar-refractivity contribution is -0.208. The van der Waals surface area contributed by atoms with Gasteiger partial charge < -0.3 is 30.7 Å². The number of hydrogen-bond donors (Lipinski definition) is 5. The summed E-state index contributed by atoms with van der Waals surface area (Å²) in [5, 5.41) is 37.2. The Bertz CT molecular complexity index is 507. The SMILES string of the molecule is CCCCCC1CNC(CC(=O)NC(C(C)C)C2OC(SC)C(O)C(O)C2O)C1. The van der Waals surface area contributed by atoms with Gasteiger partial charge in [-0.05, 0) is 37.5 Å². The van der Waals surface area contributed by atoms with Crippen molar-refractivity contribution in [3.8, 4) is 0 Å². The van der Waals surface area contributed by atoms with E-state index in [0.717, 1.165) is 13.0 Å². The first-order valence-electron chi connectivity index (χ1n) is 11.0. The summed E-state index contributed by atoms with van der Waals surface area (Å²) in [5.74, 6) is 0.567. The highest BCUT2D eigenvalue weighted by atomic mass is 32.2. The largest absolute Gasteiger partial charge is 0.388 e. The highest BCUT2D eigenvalue weighted by Gasteiger charge is 2.47. The average Bonchev–Trinajstić information content (AvgIpc) is 3.12. The van der Waals surface area contributed by atoms with Crippen molar-refractivity contribution in [3.63, 3.8) is 0 Å². The van der Waals surface area contributed by atoms with E-state index in [9.17, 15) is 20.1 Å². The van der Waals surface area contributed by atoms with Gasteiger partial charge in [-0.1, -0.05) is 40.0 Å². The van der Waals surface area contributed by atoms with Gasteiger partial charge in [-0.3, -0.25) is 4.79 Å². The monoisotopic (exact) mass is 432 g/mol. The van der Waals surface area contributed by atoms with E-state index < -0.39 is 35.9 Å². The summed E-state index contributed by atoms with van der Waals surface area (Å²) in [6.45, 7) is 7.08. The minimum Gasteiger partial charge on any atom is -0.388 e. The number of nitrogens with one attached hydrogen (secondary N) is 2. The summed E-state index contributed by atoms with van der Waals surface area (Å²) >= 11 is 1.28. The Hall–Kier alpha value is -0.380. The van der Waals surface area contributed by atoms with Crippen molar-refractivity contribution >= 4 is 17.7 Å². The summed E-state index contributed by atoms with van der Waals surface area (Å²) in [5.41, 5.74) is -0.642. The van der Waals surface area contributed by atoms with Crippen LogP contribution >= 0.6 is 11.8 Å². The predicted molar refractivity (Wildman–Crippen MR) is 116 cm³/mol. The normalized spacial score (nSPS) is 36.3. The lowest BCUT2D eigenvalue weighted by Gasteiger charge is -2.44. The van der Waals surface area contributed by atoms with Gasteiger partial charge in [0, 0.05) is 12.5 Å². The standard InChI is InChI=1S/C21H40N2O5S/c1-5-6-7-8-13-9-14(22-11-13)10-15(24)23-16(12(2)3)20-18(26)17(25)19(27)21(28-20)29-4/h12-14,16-22,25-27H,5-11H2,1-4H3,(H,23,24). The van der Waals surface area contributed by atoms with Crippen molar-refractivity contribution in [1.29, 1.82) is 0 Å². The molecule has 0 radical (unpaired) electrons. The molecule has 0 spiro atoms. The summed E-state index contributed by atoms with van der Waals surface area (Å²) in [6, 6.07) is -0.269. The molecule has 8 heteroatoms. The number of aliphatic hydroxyl groups is 3.